The smallest absolute Gasteiger partial charge is 0.312 e. The number of halogens is 1. The normalized spacial score (nSPS) is 13.1. The number of hydrogen-bond acceptors (Lipinski definition) is 3. The molecule has 1 atom stereocenters. The topological polar surface area (TPSA) is 52.4 Å². The van der Waals surface area contributed by atoms with E-state index in [0.29, 0.717) is 11.9 Å². The SMILES string of the molecule is CC(OCCBr)[N+](=O)[O-]. The van der Waals surface area contributed by atoms with Crippen molar-refractivity contribution in [3.05, 3.63) is 10.1 Å². The lowest BCUT2D eigenvalue weighted by molar-refractivity contribution is -0.570. The monoisotopic (exact) mass is 197 g/mol. The maximum atomic E-state index is 9.87. The van der Waals surface area contributed by atoms with Crippen molar-refractivity contribution in [2.24, 2.45) is 0 Å². The van der Waals surface area contributed by atoms with E-state index in [4.69, 9.17) is 4.74 Å². The molecule has 0 aliphatic rings. The maximum absolute atomic E-state index is 9.87. The van der Waals surface area contributed by atoms with Gasteiger partial charge in [0.15, 0.2) is 0 Å². The third-order valence-corrected chi connectivity index (χ3v) is 1.06. The molecule has 0 bridgehead atoms. The fourth-order valence-corrected chi connectivity index (χ4v) is 0.463. The van der Waals surface area contributed by atoms with Gasteiger partial charge in [-0.1, -0.05) is 15.9 Å². The molecule has 9 heavy (non-hydrogen) atoms. The van der Waals surface area contributed by atoms with Crippen molar-refractivity contribution in [3.63, 3.8) is 0 Å². The first-order valence-corrected chi connectivity index (χ1v) is 3.61. The second-order valence-electron chi connectivity index (χ2n) is 1.44. The van der Waals surface area contributed by atoms with Crippen LogP contribution in [0.4, 0.5) is 0 Å². The van der Waals surface area contributed by atoms with Crippen LogP contribution in [0.2, 0.25) is 0 Å². The molecule has 0 radical (unpaired) electrons. The van der Waals surface area contributed by atoms with Gasteiger partial charge in [-0.3, -0.25) is 10.1 Å². The summed E-state index contributed by atoms with van der Waals surface area (Å²) in [4.78, 5) is 9.40. The highest BCUT2D eigenvalue weighted by molar-refractivity contribution is 9.09. The minimum Gasteiger partial charge on any atom is -0.317 e. The highest BCUT2D eigenvalue weighted by atomic mass is 79.9. The van der Waals surface area contributed by atoms with Gasteiger partial charge in [-0.2, -0.15) is 0 Å². The van der Waals surface area contributed by atoms with E-state index in [2.05, 4.69) is 15.9 Å². The van der Waals surface area contributed by atoms with Gasteiger partial charge in [0.1, 0.15) is 0 Å². The summed E-state index contributed by atoms with van der Waals surface area (Å²) in [7, 11) is 0. The van der Waals surface area contributed by atoms with Gasteiger partial charge in [-0.25, -0.2) is 0 Å². The Labute approximate surface area is 61.5 Å². The highest BCUT2D eigenvalue weighted by Crippen LogP contribution is 1.91. The Bertz CT molecular complexity index is 97.8. The summed E-state index contributed by atoms with van der Waals surface area (Å²) < 4.78 is 4.71. The summed E-state index contributed by atoms with van der Waals surface area (Å²) in [5.74, 6) is 0. The molecule has 0 spiro atoms. The molecule has 0 amide bonds. The second kappa shape index (κ2) is 4.69. The van der Waals surface area contributed by atoms with Crippen LogP contribution < -0.4 is 0 Å². The molecule has 0 saturated heterocycles. The lowest BCUT2D eigenvalue weighted by Gasteiger charge is -2.01. The minimum atomic E-state index is -0.887. The standard InChI is InChI=1S/C4H8BrNO3/c1-4(6(7)8)9-3-2-5/h4H,2-3H2,1H3. The van der Waals surface area contributed by atoms with Crippen molar-refractivity contribution >= 4 is 15.9 Å². The Morgan fingerprint density at radius 3 is 2.78 bits per heavy atom. The number of nitrogens with zero attached hydrogens (tertiary/aromatic N) is 1. The van der Waals surface area contributed by atoms with Gasteiger partial charge in [0.25, 0.3) is 0 Å². The van der Waals surface area contributed by atoms with E-state index < -0.39 is 11.2 Å². The van der Waals surface area contributed by atoms with E-state index in [-0.39, 0.29) is 0 Å². The molecule has 0 aromatic heterocycles. The first kappa shape index (κ1) is 8.84. The largest absolute Gasteiger partial charge is 0.317 e. The Balaban J connectivity index is 3.27. The Morgan fingerprint density at radius 2 is 2.44 bits per heavy atom. The average molecular weight is 198 g/mol. The maximum Gasteiger partial charge on any atom is 0.312 e. The van der Waals surface area contributed by atoms with Crippen LogP contribution in [0.1, 0.15) is 6.92 Å². The lowest BCUT2D eigenvalue weighted by Crippen LogP contribution is -2.19. The molecule has 0 fully saturated rings. The molecule has 0 aromatic carbocycles. The molecule has 0 aliphatic carbocycles. The van der Waals surface area contributed by atoms with Crippen LogP contribution in [0.25, 0.3) is 0 Å². The summed E-state index contributed by atoms with van der Waals surface area (Å²) in [6, 6.07) is 0. The first-order chi connectivity index (χ1) is 4.18. The van der Waals surface area contributed by atoms with Crippen molar-refractivity contribution in [2.75, 3.05) is 11.9 Å². The average Bonchev–Trinajstić information content (AvgIpc) is 1.82. The van der Waals surface area contributed by atoms with Crippen LogP contribution in [-0.2, 0) is 4.74 Å². The summed E-state index contributed by atoms with van der Waals surface area (Å²) in [5, 5.41) is 10.5. The highest BCUT2D eigenvalue weighted by Gasteiger charge is 2.10. The molecule has 0 heterocycles. The summed E-state index contributed by atoms with van der Waals surface area (Å²) in [6.07, 6.45) is -0.887. The van der Waals surface area contributed by atoms with Gasteiger partial charge in [0.05, 0.1) is 11.5 Å². The van der Waals surface area contributed by atoms with E-state index in [9.17, 15) is 10.1 Å². The van der Waals surface area contributed by atoms with Crippen LogP contribution in [-0.4, -0.2) is 23.1 Å². The molecule has 0 rings (SSSR count). The van der Waals surface area contributed by atoms with E-state index in [1.807, 2.05) is 0 Å². The second-order valence-corrected chi connectivity index (χ2v) is 2.24. The fraction of sp³-hybridized carbons (Fsp3) is 1.00. The number of hydrogen-bond donors (Lipinski definition) is 0. The van der Waals surface area contributed by atoms with E-state index in [1.165, 1.54) is 6.92 Å². The molecule has 4 nitrogen and oxygen atoms in total. The number of alkyl halides is 1. The van der Waals surface area contributed by atoms with Gasteiger partial charge >= 0.3 is 6.23 Å². The van der Waals surface area contributed by atoms with Crippen molar-refractivity contribution in [2.45, 2.75) is 13.2 Å². The molecular weight excluding hydrogens is 190 g/mol. The van der Waals surface area contributed by atoms with Crippen molar-refractivity contribution in [3.8, 4) is 0 Å². The zero-order valence-corrected chi connectivity index (χ0v) is 6.63. The predicted molar refractivity (Wildman–Crippen MR) is 36.2 cm³/mol. The van der Waals surface area contributed by atoms with Crippen LogP contribution in [0, 0.1) is 10.1 Å². The molecule has 54 valence electrons. The number of rotatable bonds is 4. The van der Waals surface area contributed by atoms with Crippen molar-refractivity contribution in [1.82, 2.24) is 0 Å². The molecule has 0 N–H and O–H groups in total. The predicted octanol–water partition coefficient (Wildman–Crippen LogP) is 1.02. The van der Waals surface area contributed by atoms with Crippen LogP contribution in [0.3, 0.4) is 0 Å². The lowest BCUT2D eigenvalue weighted by atomic mass is 10.7. The van der Waals surface area contributed by atoms with Gasteiger partial charge < -0.3 is 4.74 Å². The van der Waals surface area contributed by atoms with Crippen LogP contribution >= 0.6 is 15.9 Å². The van der Waals surface area contributed by atoms with Crippen molar-refractivity contribution in [1.29, 1.82) is 0 Å². The van der Waals surface area contributed by atoms with Crippen molar-refractivity contribution < 1.29 is 9.66 Å². The molecule has 0 aromatic rings. The Morgan fingerprint density at radius 1 is 1.89 bits per heavy atom. The molecule has 5 heteroatoms. The first-order valence-electron chi connectivity index (χ1n) is 2.49. The fourth-order valence-electron chi connectivity index (χ4n) is 0.276. The summed E-state index contributed by atoms with van der Waals surface area (Å²) >= 11 is 3.08. The van der Waals surface area contributed by atoms with Crippen LogP contribution in [0.5, 0.6) is 0 Å². The van der Waals surface area contributed by atoms with Gasteiger partial charge in [0, 0.05) is 12.3 Å². The number of nitro groups is 1. The molecule has 1 unspecified atom stereocenters. The number of ether oxygens (including phenoxy) is 1. The van der Waals surface area contributed by atoms with E-state index in [0.717, 1.165) is 0 Å². The molecule has 0 aliphatic heterocycles. The van der Waals surface area contributed by atoms with Crippen LogP contribution in [0.15, 0.2) is 0 Å². The Hall–Kier alpha value is -0.160. The van der Waals surface area contributed by atoms with E-state index >= 15 is 0 Å². The third kappa shape index (κ3) is 4.35. The van der Waals surface area contributed by atoms with Gasteiger partial charge in [-0.05, 0) is 0 Å². The molecule has 0 saturated carbocycles. The van der Waals surface area contributed by atoms with Gasteiger partial charge in [-0.15, -0.1) is 0 Å². The van der Waals surface area contributed by atoms with E-state index in [1.54, 1.807) is 0 Å². The molecular formula is C4H8BrNO3. The Kier molecular flexibility index (Phi) is 4.61. The third-order valence-electron chi connectivity index (χ3n) is 0.733. The van der Waals surface area contributed by atoms with Gasteiger partial charge in [0.2, 0.25) is 0 Å². The zero-order chi connectivity index (χ0) is 7.28. The quantitative estimate of drug-likeness (QED) is 0.293. The summed E-state index contributed by atoms with van der Waals surface area (Å²) in [6.45, 7) is 1.78. The summed E-state index contributed by atoms with van der Waals surface area (Å²) in [5.41, 5.74) is 0. The minimum absolute atomic E-state index is 0.377. The zero-order valence-electron chi connectivity index (χ0n) is 5.04.